The van der Waals surface area contributed by atoms with Gasteiger partial charge in [0.2, 0.25) is 0 Å². The van der Waals surface area contributed by atoms with Crippen molar-refractivity contribution in [1.29, 1.82) is 0 Å². The Balaban J connectivity index is 2.66. The molecule has 0 saturated carbocycles. The fourth-order valence-electron chi connectivity index (χ4n) is 1.93. The quantitative estimate of drug-likeness (QED) is 0.147. The van der Waals surface area contributed by atoms with Crippen LogP contribution < -0.4 is 14.6 Å². The lowest BCUT2D eigenvalue weighted by atomic mass is 10.3. The summed E-state index contributed by atoms with van der Waals surface area (Å²) in [5.41, 5.74) is 0.175. The van der Waals surface area contributed by atoms with Crippen LogP contribution in [0.4, 0.5) is 8.78 Å². The van der Waals surface area contributed by atoms with Crippen LogP contribution in [-0.2, 0) is 29.1 Å². The van der Waals surface area contributed by atoms with Crippen molar-refractivity contribution in [1.82, 2.24) is 0 Å². The highest BCUT2D eigenvalue weighted by atomic mass is 32.2. The summed E-state index contributed by atoms with van der Waals surface area (Å²) in [5, 5.41) is 11.8. The van der Waals surface area contributed by atoms with E-state index in [0.717, 1.165) is 25.3 Å². The molecular weight excluding hydrogens is 444 g/mol. The summed E-state index contributed by atoms with van der Waals surface area (Å²) in [6.07, 6.45) is -1.02. The lowest BCUT2D eigenvalue weighted by Gasteiger charge is -2.12. The normalized spacial score (nSPS) is 11.7. The molecule has 31 heavy (non-hydrogen) atoms. The smallest absolute Gasteiger partial charge is 0.387 e. The molecule has 0 aliphatic carbocycles. The van der Waals surface area contributed by atoms with E-state index in [4.69, 9.17) is 14.2 Å². The van der Waals surface area contributed by atoms with Gasteiger partial charge in [-0.25, -0.2) is 4.79 Å². The number of esters is 2. The summed E-state index contributed by atoms with van der Waals surface area (Å²) in [4.78, 5) is 22.2. The van der Waals surface area contributed by atoms with Crippen molar-refractivity contribution in [2.24, 2.45) is 4.40 Å². The average molecular weight is 464 g/mol. The molecule has 0 radical (unpaired) electrons. The molecule has 0 unspecified atom stereocenters. The van der Waals surface area contributed by atoms with Crippen LogP contribution in [0.1, 0.15) is 19.8 Å². The summed E-state index contributed by atoms with van der Waals surface area (Å²) < 4.78 is 70.6. The number of rotatable bonds is 12. The topological polar surface area (TPSA) is 141 Å². The van der Waals surface area contributed by atoms with Gasteiger partial charge in [0, 0.05) is 18.1 Å². The van der Waals surface area contributed by atoms with Crippen LogP contribution in [0, 0.1) is 0 Å². The van der Waals surface area contributed by atoms with Gasteiger partial charge in [-0.1, -0.05) is 6.58 Å². The van der Waals surface area contributed by atoms with Gasteiger partial charge in [-0.05, 0) is 31.4 Å². The number of carbonyl (C=O) groups excluding carboxylic acids is 2. The maximum Gasteiger partial charge on any atom is 0.387 e. The van der Waals surface area contributed by atoms with E-state index in [0.29, 0.717) is 0 Å². The number of halogens is 2. The highest BCUT2D eigenvalue weighted by Crippen LogP contribution is 2.31. The van der Waals surface area contributed by atoms with Crippen molar-refractivity contribution in [3.8, 4) is 11.5 Å². The largest absolute Gasteiger partial charge is 0.861 e. The highest BCUT2D eigenvalue weighted by molar-refractivity contribution is 7.90. The Morgan fingerprint density at radius 2 is 1.81 bits per heavy atom. The molecule has 0 heterocycles. The molecule has 10 nitrogen and oxygen atoms in total. The second-order valence-electron chi connectivity index (χ2n) is 5.79. The zero-order valence-electron chi connectivity index (χ0n) is 16.6. The molecule has 0 spiro atoms. The minimum absolute atomic E-state index is 0.175. The first-order valence-corrected chi connectivity index (χ1v) is 10.0. The molecule has 0 atom stereocenters. The molecule has 1 rings (SSSR count). The third-order valence-corrected chi connectivity index (χ3v) is 4.64. The van der Waals surface area contributed by atoms with Crippen molar-refractivity contribution in [2.75, 3.05) is 20.3 Å². The summed E-state index contributed by atoms with van der Waals surface area (Å²) in [5.74, 6) is -3.32. The van der Waals surface area contributed by atoms with Crippen molar-refractivity contribution < 1.29 is 50.8 Å². The SMILES string of the molecule is C=C(C)C(=O)OCCOC(=O)CC/C([O-])=N/S(=O)(=O)c1ccc(OC(F)F)c(OC)c1. The van der Waals surface area contributed by atoms with E-state index in [2.05, 4.69) is 15.7 Å². The van der Waals surface area contributed by atoms with Crippen LogP contribution in [0.2, 0.25) is 0 Å². The van der Waals surface area contributed by atoms with Crippen molar-refractivity contribution in [3.63, 3.8) is 0 Å². The standard InChI is InChI=1S/C18H21F2NO9S/c1-11(2)17(24)29-9-8-28-16(23)7-6-15(22)21-31(25,26)12-4-5-13(30-18(19)20)14(10-12)27-3/h4-5,10,18H,1,6-9H2,2-3H3,(H,21,22)/p-1. The second kappa shape index (κ2) is 11.8. The van der Waals surface area contributed by atoms with Crippen LogP contribution in [-0.4, -0.2) is 53.2 Å². The van der Waals surface area contributed by atoms with Gasteiger partial charge in [0.05, 0.1) is 12.0 Å². The summed E-state index contributed by atoms with van der Waals surface area (Å²) in [6.45, 7) is 1.20. The number of alkyl halides is 2. The first kappa shape index (κ1) is 25.8. The predicted octanol–water partition coefficient (Wildman–Crippen LogP) is 1.19. The molecule has 0 amide bonds. The van der Waals surface area contributed by atoms with Crippen LogP contribution in [0.15, 0.2) is 39.6 Å². The Bertz CT molecular complexity index is 945. The van der Waals surface area contributed by atoms with E-state index in [-0.39, 0.29) is 24.5 Å². The van der Waals surface area contributed by atoms with Gasteiger partial charge >= 0.3 is 18.6 Å². The average Bonchev–Trinajstić information content (AvgIpc) is 2.68. The maximum absolute atomic E-state index is 12.3. The van der Waals surface area contributed by atoms with Gasteiger partial charge in [-0.15, -0.1) is 0 Å². The Morgan fingerprint density at radius 3 is 2.39 bits per heavy atom. The Hall–Kier alpha value is -3.22. The lowest BCUT2D eigenvalue weighted by Crippen LogP contribution is -2.22. The molecule has 13 heteroatoms. The zero-order valence-corrected chi connectivity index (χ0v) is 17.4. The zero-order chi connectivity index (χ0) is 23.6. The molecular formula is C18H20F2NO9S-. The summed E-state index contributed by atoms with van der Waals surface area (Å²) >= 11 is 0. The number of nitrogens with zero attached hydrogens (tertiary/aromatic N) is 1. The third kappa shape index (κ3) is 8.99. The first-order valence-electron chi connectivity index (χ1n) is 8.58. The lowest BCUT2D eigenvalue weighted by molar-refractivity contribution is -0.218. The molecule has 0 bridgehead atoms. The van der Waals surface area contributed by atoms with Gasteiger partial charge < -0.3 is 24.1 Å². The molecule has 172 valence electrons. The van der Waals surface area contributed by atoms with Crippen LogP contribution in [0.25, 0.3) is 0 Å². The monoisotopic (exact) mass is 464 g/mol. The van der Waals surface area contributed by atoms with E-state index in [1.54, 1.807) is 0 Å². The fourth-order valence-corrected chi connectivity index (χ4v) is 2.89. The van der Waals surface area contributed by atoms with Gasteiger partial charge in [0.15, 0.2) is 11.5 Å². The Kier molecular flexibility index (Phi) is 9.86. The number of ether oxygens (including phenoxy) is 4. The van der Waals surface area contributed by atoms with Crippen molar-refractivity contribution >= 4 is 27.9 Å². The van der Waals surface area contributed by atoms with E-state index in [1.165, 1.54) is 6.92 Å². The van der Waals surface area contributed by atoms with Crippen molar-refractivity contribution in [2.45, 2.75) is 31.3 Å². The van der Waals surface area contributed by atoms with E-state index >= 15 is 0 Å². The maximum atomic E-state index is 12.3. The van der Waals surface area contributed by atoms with E-state index in [9.17, 15) is 31.9 Å². The minimum Gasteiger partial charge on any atom is -0.861 e. The summed E-state index contributed by atoms with van der Waals surface area (Å²) in [6, 6.07) is 2.70. The Morgan fingerprint density at radius 1 is 1.16 bits per heavy atom. The van der Waals surface area contributed by atoms with Crippen molar-refractivity contribution in [3.05, 3.63) is 30.4 Å². The molecule has 1 aromatic rings. The highest BCUT2D eigenvalue weighted by Gasteiger charge is 2.18. The molecule has 0 fully saturated rings. The number of methoxy groups -OCH3 is 1. The van der Waals surface area contributed by atoms with E-state index < -0.39 is 58.0 Å². The van der Waals surface area contributed by atoms with Gasteiger partial charge in [0.1, 0.15) is 13.2 Å². The number of carbonyl (C=O) groups is 2. The Labute approximate surface area is 177 Å². The van der Waals surface area contributed by atoms with Crippen LogP contribution >= 0.6 is 0 Å². The summed E-state index contributed by atoms with van der Waals surface area (Å²) in [7, 11) is -3.38. The van der Waals surface area contributed by atoms with Crippen LogP contribution in [0.3, 0.4) is 0 Å². The predicted molar refractivity (Wildman–Crippen MR) is 100 cm³/mol. The molecule has 0 saturated heterocycles. The second-order valence-corrected chi connectivity index (χ2v) is 7.39. The van der Waals surface area contributed by atoms with Crippen LogP contribution in [0.5, 0.6) is 11.5 Å². The molecule has 1 aromatic carbocycles. The van der Waals surface area contributed by atoms with E-state index in [1.807, 2.05) is 0 Å². The minimum atomic E-state index is -4.49. The number of benzene rings is 1. The number of sulfonamides is 1. The number of hydrogen-bond acceptors (Lipinski definition) is 9. The first-order chi connectivity index (χ1) is 14.5. The molecule has 0 N–H and O–H groups in total. The molecule has 0 aromatic heterocycles. The number of hydrogen-bond donors (Lipinski definition) is 0. The molecule has 0 aliphatic rings. The van der Waals surface area contributed by atoms with Gasteiger partial charge in [-0.2, -0.15) is 21.6 Å². The van der Waals surface area contributed by atoms with Gasteiger partial charge in [0.25, 0.3) is 10.0 Å². The van der Waals surface area contributed by atoms with Gasteiger partial charge in [-0.3, -0.25) is 4.79 Å². The fraction of sp³-hybridized carbons (Fsp3) is 0.389. The molecule has 0 aliphatic heterocycles. The third-order valence-electron chi connectivity index (χ3n) is 3.34.